The maximum absolute atomic E-state index is 12.0. The number of hydrogen-bond acceptors (Lipinski definition) is 5. The topological polar surface area (TPSA) is 105 Å². The Morgan fingerprint density at radius 1 is 1.27 bits per heavy atom. The molecule has 0 saturated heterocycles. The second-order valence-corrected chi connectivity index (χ2v) is 6.92. The SMILES string of the molecule is O=C(CCCc1nc(-c2ccc(Cl)cc2)no1)N[C@H]1CC[C@@H](C(=O)O)C1. The zero-order valence-corrected chi connectivity index (χ0v) is 14.9. The molecule has 3 rings (SSSR count). The fourth-order valence-electron chi connectivity index (χ4n) is 3.11. The average molecular weight is 378 g/mol. The van der Waals surface area contributed by atoms with Crippen molar-refractivity contribution < 1.29 is 19.2 Å². The van der Waals surface area contributed by atoms with Gasteiger partial charge in [0.2, 0.25) is 17.6 Å². The van der Waals surface area contributed by atoms with Gasteiger partial charge in [-0.2, -0.15) is 4.98 Å². The Labute approximate surface area is 155 Å². The predicted octanol–water partition coefficient (Wildman–Crippen LogP) is 3.08. The molecule has 0 spiro atoms. The van der Waals surface area contributed by atoms with Crippen LogP contribution in [0, 0.1) is 5.92 Å². The van der Waals surface area contributed by atoms with Gasteiger partial charge in [-0.25, -0.2) is 0 Å². The van der Waals surface area contributed by atoms with Crippen LogP contribution in [0.25, 0.3) is 11.4 Å². The van der Waals surface area contributed by atoms with Crippen LogP contribution in [-0.4, -0.2) is 33.2 Å². The molecule has 8 heteroatoms. The van der Waals surface area contributed by atoms with E-state index in [0.29, 0.717) is 48.8 Å². The zero-order chi connectivity index (χ0) is 18.5. The average Bonchev–Trinajstić information content (AvgIpc) is 3.25. The van der Waals surface area contributed by atoms with Crippen LogP contribution in [0.3, 0.4) is 0 Å². The summed E-state index contributed by atoms with van der Waals surface area (Å²) < 4.78 is 5.21. The molecule has 7 nitrogen and oxygen atoms in total. The minimum Gasteiger partial charge on any atom is -0.481 e. The lowest BCUT2D eigenvalue weighted by atomic mass is 10.1. The summed E-state index contributed by atoms with van der Waals surface area (Å²) in [5.41, 5.74) is 0.816. The van der Waals surface area contributed by atoms with Gasteiger partial charge in [-0.05, 0) is 49.9 Å². The fraction of sp³-hybridized carbons (Fsp3) is 0.444. The lowest BCUT2D eigenvalue weighted by Crippen LogP contribution is -2.33. The van der Waals surface area contributed by atoms with Crippen LogP contribution in [-0.2, 0) is 16.0 Å². The van der Waals surface area contributed by atoms with Crippen LogP contribution < -0.4 is 5.32 Å². The molecule has 2 aromatic rings. The lowest BCUT2D eigenvalue weighted by Gasteiger charge is -2.11. The number of aliphatic carboxylic acids is 1. The molecule has 1 heterocycles. The molecule has 1 saturated carbocycles. The van der Waals surface area contributed by atoms with Gasteiger partial charge in [0.05, 0.1) is 5.92 Å². The normalized spacial score (nSPS) is 19.4. The van der Waals surface area contributed by atoms with Crippen molar-refractivity contribution in [1.29, 1.82) is 0 Å². The number of halogens is 1. The standard InChI is InChI=1S/C18H20ClN3O4/c19-13-7-4-11(5-8-13)17-21-16(26-22-17)3-1-2-15(23)20-14-9-6-12(10-14)18(24)25/h4-5,7-8,12,14H,1-3,6,9-10H2,(H,20,23)(H,24,25)/t12-,14+/m1/s1. The summed E-state index contributed by atoms with van der Waals surface area (Å²) >= 11 is 5.86. The van der Waals surface area contributed by atoms with Crippen molar-refractivity contribution in [3.63, 3.8) is 0 Å². The summed E-state index contributed by atoms with van der Waals surface area (Å²) in [4.78, 5) is 27.2. The maximum atomic E-state index is 12.0. The van der Waals surface area contributed by atoms with Crippen LogP contribution in [0.4, 0.5) is 0 Å². The summed E-state index contributed by atoms with van der Waals surface area (Å²) in [5, 5.41) is 16.5. The van der Waals surface area contributed by atoms with E-state index >= 15 is 0 Å². The first-order chi connectivity index (χ1) is 12.5. The number of carboxylic acid groups (broad SMARTS) is 1. The van der Waals surface area contributed by atoms with Gasteiger partial charge >= 0.3 is 5.97 Å². The van der Waals surface area contributed by atoms with Crippen molar-refractivity contribution in [3.8, 4) is 11.4 Å². The number of aromatic nitrogens is 2. The summed E-state index contributed by atoms with van der Waals surface area (Å²) in [5.74, 6) is -0.223. The third-order valence-electron chi connectivity index (χ3n) is 4.51. The van der Waals surface area contributed by atoms with Crippen LogP contribution in [0.2, 0.25) is 5.02 Å². The van der Waals surface area contributed by atoms with Crippen LogP contribution >= 0.6 is 11.6 Å². The van der Waals surface area contributed by atoms with Gasteiger partial charge in [0, 0.05) is 29.5 Å². The Balaban J connectivity index is 1.42. The van der Waals surface area contributed by atoms with Crippen molar-refractivity contribution in [2.45, 2.75) is 44.6 Å². The molecule has 1 aromatic carbocycles. The minimum absolute atomic E-state index is 0.0384. The minimum atomic E-state index is -0.783. The Hall–Kier alpha value is -2.41. The molecule has 0 aliphatic heterocycles. The van der Waals surface area contributed by atoms with E-state index in [0.717, 1.165) is 12.0 Å². The van der Waals surface area contributed by atoms with Gasteiger partial charge in [-0.1, -0.05) is 16.8 Å². The van der Waals surface area contributed by atoms with Crippen LogP contribution in [0.1, 0.15) is 38.0 Å². The molecule has 0 bridgehead atoms. The van der Waals surface area contributed by atoms with E-state index < -0.39 is 5.97 Å². The first-order valence-corrected chi connectivity index (χ1v) is 9.00. The molecule has 138 valence electrons. The van der Waals surface area contributed by atoms with E-state index in [1.807, 2.05) is 12.1 Å². The highest BCUT2D eigenvalue weighted by Gasteiger charge is 2.30. The quantitative estimate of drug-likeness (QED) is 0.768. The van der Waals surface area contributed by atoms with Gasteiger partial charge in [0.1, 0.15) is 0 Å². The van der Waals surface area contributed by atoms with E-state index in [4.69, 9.17) is 21.2 Å². The predicted molar refractivity (Wildman–Crippen MR) is 94.6 cm³/mol. The van der Waals surface area contributed by atoms with Crippen molar-refractivity contribution in [1.82, 2.24) is 15.5 Å². The molecule has 1 amide bonds. The second kappa shape index (κ2) is 8.31. The molecule has 26 heavy (non-hydrogen) atoms. The Kier molecular flexibility index (Phi) is 5.88. The monoisotopic (exact) mass is 377 g/mol. The van der Waals surface area contributed by atoms with Crippen LogP contribution in [0.5, 0.6) is 0 Å². The van der Waals surface area contributed by atoms with E-state index in [1.165, 1.54) is 0 Å². The number of amides is 1. The number of carbonyl (C=O) groups is 2. The second-order valence-electron chi connectivity index (χ2n) is 6.48. The van der Waals surface area contributed by atoms with Gasteiger partial charge in [0.25, 0.3) is 0 Å². The van der Waals surface area contributed by atoms with Crippen molar-refractivity contribution in [3.05, 3.63) is 35.2 Å². The molecular weight excluding hydrogens is 358 g/mol. The zero-order valence-electron chi connectivity index (χ0n) is 14.2. The number of carboxylic acids is 1. The Morgan fingerprint density at radius 3 is 2.73 bits per heavy atom. The molecule has 1 aliphatic rings. The summed E-state index contributed by atoms with van der Waals surface area (Å²) in [7, 11) is 0. The van der Waals surface area contributed by atoms with E-state index in [9.17, 15) is 9.59 Å². The fourth-order valence-corrected chi connectivity index (χ4v) is 3.24. The molecule has 0 radical (unpaired) electrons. The molecule has 1 fully saturated rings. The highest BCUT2D eigenvalue weighted by Crippen LogP contribution is 2.25. The van der Waals surface area contributed by atoms with Gasteiger partial charge in [-0.3, -0.25) is 9.59 Å². The molecular formula is C18H20ClN3O4. The molecule has 2 N–H and O–H groups in total. The number of benzene rings is 1. The Morgan fingerprint density at radius 2 is 2.04 bits per heavy atom. The number of hydrogen-bond donors (Lipinski definition) is 2. The van der Waals surface area contributed by atoms with Crippen molar-refractivity contribution in [2.24, 2.45) is 5.92 Å². The molecule has 1 aliphatic carbocycles. The first-order valence-electron chi connectivity index (χ1n) is 8.62. The highest BCUT2D eigenvalue weighted by atomic mass is 35.5. The Bertz CT molecular complexity index is 775. The van der Waals surface area contributed by atoms with Gasteiger partial charge < -0.3 is 14.9 Å². The van der Waals surface area contributed by atoms with E-state index in [-0.39, 0.29) is 17.9 Å². The maximum Gasteiger partial charge on any atom is 0.306 e. The van der Waals surface area contributed by atoms with E-state index in [1.54, 1.807) is 12.1 Å². The summed E-state index contributed by atoms with van der Waals surface area (Å²) in [6.07, 6.45) is 3.29. The largest absolute Gasteiger partial charge is 0.481 e. The molecule has 0 unspecified atom stereocenters. The number of nitrogens with one attached hydrogen (secondary N) is 1. The number of aryl methyl sites for hydroxylation is 1. The van der Waals surface area contributed by atoms with E-state index in [2.05, 4.69) is 15.5 Å². The van der Waals surface area contributed by atoms with Crippen molar-refractivity contribution in [2.75, 3.05) is 0 Å². The number of rotatable bonds is 7. The summed E-state index contributed by atoms with van der Waals surface area (Å²) in [6.45, 7) is 0. The van der Waals surface area contributed by atoms with Crippen molar-refractivity contribution >= 4 is 23.5 Å². The summed E-state index contributed by atoms with van der Waals surface area (Å²) in [6, 6.07) is 7.11. The third kappa shape index (κ3) is 4.82. The first kappa shape index (κ1) is 18.4. The van der Waals surface area contributed by atoms with Crippen LogP contribution in [0.15, 0.2) is 28.8 Å². The lowest BCUT2D eigenvalue weighted by molar-refractivity contribution is -0.141. The number of nitrogens with zero attached hydrogens (tertiary/aromatic N) is 2. The number of carbonyl (C=O) groups excluding carboxylic acids is 1. The van der Waals surface area contributed by atoms with Gasteiger partial charge in [0.15, 0.2) is 0 Å². The van der Waals surface area contributed by atoms with Gasteiger partial charge in [-0.15, -0.1) is 0 Å². The third-order valence-corrected chi connectivity index (χ3v) is 4.76. The molecule has 1 aromatic heterocycles. The smallest absolute Gasteiger partial charge is 0.306 e. The molecule has 2 atom stereocenters. The highest BCUT2D eigenvalue weighted by molar-refractivity contribution is 6.30.